The maximum atomic E-state index is 13.3. The number of unbranched alkanes of at least 4 members (excludes halogenated alkanes) is 10. The predicted octanol–water partition coefficient (Wildman–Crippen LogP) is 11.9. The van der Waals surface area contributed by atoms with Gasteiger partial charge in [-0.05, 0) is 77.0 Å². The van der Waals surface area contributed by atoms with Crippen molar-refractivity contribution < 1.29 is 49.3 Å². The second-order valence-corrected chi connectivity index (χ2v) is 18.0. The van der Waals surface area contributed by atoms with Gasteiger partial charge < -0.3 is 45.1 Å². The first-order valence-corrected chi connectivity index (χ1v) is 27.2. The van der Waals surface area contributed by atoms with Crippen LogP contribution < -0.4 is 5.32 Å². The maximum Gasteiger partial charge on any atom is 0.306 e. The van der Waals surface area contributed by atoms with E-state index in [2.05, 4.69) is 92.9 Å². The predicted molar refractivity (Wildman–Crippen MR) is 296 cm³/mol. The summed E-state index contributed by atoms with van der Waals surface area (Å²) in [6, 6.07) is -1.09. The summed E-state index contributed by atoms with van der Waals surface area (Å²) >= 11 is 0. The van der Waals surface area contributed by atoms with Crippen molar-refractivity contribution in [2.75, 3.05) is 13.2 Å². The Bertz CT molecular complexity index is 1720. The summed E-state index contributed by atoms with van der Waals surface area (Å²) in [5.41, 5.74) is 0. The highest BCUT2D eigenvalue weighted by Crippen LogP contribution is 2.26. The van der Waals surface area contributed by atoms with Crippen molar-refractivity contribution in [2.24, 2.45) is 0 Å². The molecule has 0 aromatic carbocycles. The van der Waals surface area contributed by atoms with Gasteiger partial charge >= 0.3 is 5.97 Å². The Morgan fingerprint density at radius 2 is 1.07 bits per heavy atom. The monoisotopic (exact) mass is 1000 g/mol. The van der Waals surface area contributed by atoms with Crippen molar-refractivity contribution in [1.82, 2.24) is 5.32 Å². The summed E-state index contributed by atoms with van der Waals surface area (Å²) in [5, 5.41) is 56.5. The third-order valence-electron chi connectivity index (χ3n) is 11.6. The number of hydrogen-bond acceptors (Lipinski definition) is 10. The van der Waals surface area contributed by atoms with Crippen LogP contribution in [0.25, 0.3) is 0 Å². The highest BCUT2D eigenvalue weighted by molar-refractivity contribution is 5.80. The maximum absolute atomic E-state index is 13.3. The minimum absolute atomic E-state index is 0.0198. The van der Waals surface area contributed by atoms with Crippen LogP contribution in [0.3, 0.4) is 0 Å². The summed E-state index contributed by atoms with van der Waals surface area (Å²) in [7, 11) is 0. The quantitative estimate of drug-likeness (QED) is 0.0149. The van der Waals surface area contributed by atoms with Gasteiger partial charge in [0.15, 0.2) is 12.4 Å². The summed E-state index contributed by atoms with van der Waals surface area (Å²) in [4.78, 5) is 26.3. The summed E-state index contributed by atoms with van der Waals surface area (Å²) in [6.07, 6.45) is 57.8. The first kappa shape index (κ1) is 65.6. The van der Waals surface area contributed by atoms with E-state index in [0.717, 1.165) is 64.2 Å². The molecule has 72 heavy (non-hydrogen) atoms. The van der Waals surface area contributed by atoms with Crippen LogP contribution in [0.2, 0.25) is 0 Å². The van der Waals surface area contributed by atoms with Crippen molar-refractivity contribution in [1.29, 1.82) is 0 Å². The molecule has 8 atom stereocenters. The van der Waals surface area contributed by atoms with Crippen molar-refractivity contribution in [2.45, 2.75) is 211 Å². The smallest absolute Gasteiger partial charge is 0.306 e. The van der Waals surface area contributed by atoms with Crippen LogP contribution in [-0.4, -0.2) is 99.6 Å². The number of carbonyl (C=O) groups excluding carboxylic acids is 2. The molecule has 1 fully saturated rings. The SMILES string of the molecule is CC/C=C\C/C=C\C/C=C\C/C=C\C/C=C\C/C=C\CCC(=O)OC1C(OCC(NC(=O)C(O)CC/C=C/C=C\C=C/C=C/C=C/CC)C(O)/C=C/CCCCCCCCCCCC)OC(CO)C(O)C1O. The van der Waals surface area contributed by atoms with Crippen molar-refractivity contribution in [3.63, 3.8) is 0 Å². The zero-order valence-electron chi connectivity index (χ0n) is 44.2. The molecule has 0 saturated carbocycles. The molecule has 0 aromatic rings. The lowest BCUT2D eigenvalue weighted by Crippen LogP contribution is -2.61. The number of ether oxygens (including phenoxy) is 3. The molecule has 0 bridgehead atoms. The second kappa shape index (κ2) is 47.5. The molecule has 6 N–H and O–H groups in total. The lowest BCUT2D eigenvalue weighted by atomic mass is 9.99. The molecule has 0 aromatic heterocycles. The fraction of sp³-hybridized carbons (Fsp3) is 0.574. The van der Waals surface area contributed by atoms with E-state index in [9.17, 15) is 35.1 Å². The Kier molecular flexibility index (Phi) is 43.3. The molecule has 1 rings (SSSR count). The molecule has 1 amide bonds. The van der Waals surface area contributed by atoms with Gasteiger partial charge in [0.1, 0.15) is 24.4 Å². The molecule has 0 aliphatic carbocycles. The molecule has 1 saturated heterocycles. The Morgan fingerprint density at radius 3 is 1.61 bits per heavy atom. The summed E-state index contributed by atoms with van der Waals surface area (Å²) in [5.74, 6) is -1.38. The van der Waals surface area contributed by atoms with E-state index in [0.29, 0.717) is 19.3 Å². The molecule has 0 spiro atoms. The van der Waals surface area contributed by atoms with Crippen molar-refractivity contribution >= 4 is 11.9 Å². The van der Waals surface area contributed by atoms with E-state index >= 15 is 0 Å². The Labute approximate surface area is 435 Å². The molecular formula is C61H95NO10. The molecule has 1 heterocycles. The van der Waals surface area contributed by atoms with E-state index in [1.807, 2.05) is 72.9 Å². The van der Waals surface area contributed by atoms with Crippen LogP contribution in [0.15, 0.2) is 146 Å². The first-order chi connectivity index (χ1) is 35.2. The van der Waals surface area contributed by atoms with Gasteiger partial charge in [0.25, 0.3) is 0 Å². The minimum Gasteiger partial charge on any atom is -0.454 e. The largest absolute Gasteiger partial charge is 0.454 e. The van der Waals surface area contributed by atoms with E-state index < -0.39 is 67.4 Å². The van der Waals surface area contributed by atoms with Gasteiger partial charge in [-0.2, -0.15) is 0 Å². The lowest BCUT2D eigenvalue weighted by molar-refractivity contribution is -0.305. The van der Waals surface area contributed by atoms with Gasteiger partial charge in [-0.3, -0.25) is 9.59 Å². The molecule has 404 valence electrons. The Morgan fingerprint density at radius 1 is 0.569 bits per heavy atom. The van der Waals surface area contributed by atoms with Gasteiger partial charge in [0.2, 0.25) is 5.91 Å². The molecule has 11 heteroatoms. The molecule has 1 aliphatic heterocycles. The number of esters is 1. The average molecular weight is 1000 g/mol. The number of allylic oxidation sites excluding steroid dienone is 23. The number of aliphatic hydroxyl groups excluding tert-OH is 5. The van der Waals surface area contributed by atoms with Crippen LogP contribution in [0, 0.1) is 0 Å². The van der Waals surface area contributed by atoms with E-state index in [-0.39, 0.29) is 19.4 Å². The highest BCUT2D eigenvalue weighted by atomic mass is 16.7. The van der Waals surface area contributed by atoms with E-state index in [1.165, 1.54) is 44.9 Å². The summed E-state index contributed by atoms with van der Waals surface area (Å²) in [6.45, 7) is 5.39. The van der Waals surface area contributed by atoms with Gasteiger partial charge in [-0.25, -0.2) is 0 Å². The number of rotatable bonds is 42. The molecule has 8 unspecified atom stereocenters. The van der Waals surface area contributed by atoms with Crippen molar-refractivity contribution in [3.05, 3.63) is 146 Å². The first-order valence-electron chi connectivity index (χ1n) is 27.2. The number of nitrogens with one attached hydrogen (secondary N) is 1. The van der Waals surface area contributed by atoms with E-state index in [1.54, 1.807) is 6.08 Å². The van der Waals surface area contributed by atoms with Crippen LogP contribution >= 0.6 is 0 Å². The number of hydrogen-bond donors (Lipinski definition) is 6. The second-order valence-electron chi connectivity index (χ2n) is 18.0. The van der Waals surface area contributed by atoms with Crippen LogP contribution in [0.5, 0.6) is 0 Å². The molecule has 1 aliphatic rings. The van der Waals surface area contributed by atoms with Crippen LogP contribution in [-0.2, 0) is 23.8 Å². The standard InChI is InChI=1S/C61H95NO10/c1-4-7-10-13-16-19-22-25-26-27-28-29-30-31-34-37-40-43-46-49-56(66)72-59-58(68)57(67)55(50-63)71-61(59)70-51-52(53(64)47-44-41-38-35-32-23-20-17-14-11-8-5-2)62-60(69)54(65)48-45-42-39-36-33-24-21-18-15-12-9-6-3/h7,9-10,12,15-16,18-19,21,24-26,28-29,31,33-34,36,39-40,42-44,47,52-55,57-59,61,63-65,67-68H,4-6,8,11,13-14,17,20,22-23,27,30,32,35,37-38,41,45-46,48-51H2,1-3H3,(H,62,69)/b10-7-,12-9+,18-15+,19-16-,24-21-,26-25-,29-28-,34-31-,36-33-,42-39+,43-40-,47-44+. The number of aliphatic hydroxyl groups is 5. The fourth-order valence-corrected chi connectivity index (χ4v) is 7.35. The third-order valence-corrected chi connectivity index (χ3v) is 11.6. The molecular weight excluding hydrogens is 907 g/mol. The number of amides is 1. The zero-order chi connectivity index (χ0) is 52.5. The number of carbonyl (C=O) groups is 2. The highest BCUT2D eigenvalue weighted by Gasteiger charge is 2.47. The summed E-state index contributed by atoms with van der Waals surface area (Å²) < 4.78 is 17.4. The van der Waals surface area contributed by atoms with Crippen molar-refractivity contribution in [3.8, 4) is 0 Å². The van der Waals surface area contributed by atoms with E-state index in [4.69, 9.17) is 14.2 Å². The van der Waals surface area contributed by atoms with Gasteiger partial charge in [-0.15, -0.1) is 0 Å². The normalized spacial score (nSPS) is 20.7. The van der Waals surface area contributed by atoms with Gasteiger partial charge in [0, 0.05) is 6.42 Å². The average Bonchev–Trinajstić information content (AvgIpc) is 3.38. The van der Waals surface area contributed by atoms with Crippen LogP contribution in [0.1, 0.15) is 162 Å². The molecule has 11 nitrogen and oxygen atoms in total. The van der Waals surface area contributed by atoms with Gasteiger partial charge in [-0.1, -0.05) is 224 Å². The Balaban J connectivity index is 2.85. The van der Waals surface area contributed by atoms with Crippen LogP contribution in [0.4, 0.5) is 0 Å². The molecule has 0 radical (unpaired) electrons. The lowest BCUT2D eigenvalue weighted by Gasteiger charge is -2.41. The Hall–Kier alpha value is -4.46. The topological polar surface area (TPSA) is 175 Å². The third kappa shape index (κ3) is 35.6. The fourth-order valence-electron chi connectivity index (χ4n) is 7.35. The zero-order valence-corrected chi connectivity index (χ0v) is 44.2. The minimum atomic E-state index is -1.67. The van der Waals surface area contributed by atoms with Gasteiger partial charge in [0.05, 0.1) is 25.4 Å².